The molecule has 0 spiro atoms. The number of hydrogen-bond acceptors (Lipinski definition) is 4. The van der Waals surface area contributed by atoms with E-state index in [2.05, 4.69) is 10.3 Å². The van der Waals surface area contributed by atoms with Crippen LogP contribution in [0.4, 0.5) is 0 Å². The van der Waals surface area contributed by atoms with Crippen LogP contribution in [-0.4, -0.2) is 34.4 Å². The number of nitrogens with one attached hydrogen (secondary N) is 1. The summed E-state index contributed by atoms with van der Waals surface area (Å²) in [4.78, 5) is 15.6. The maximum absolute atomic E-state index is 11.4. The van der Waals surface area contributed by atoms with Gasteiger partial charge in [0.1, 0.15) is 0 Å². The predicted octanol–water partition coefficient (Wildman–Crippen LogP) is 1.20. The van der Waals surface area contributed by atoms with E-state index in [4.69, 9.17) is 5.11 Å². The Labute approximate surface area is 106 Å². The molecule has 0 saturated heterocycles. The van der Waals surface area contributed by atoms with Gasteiger partial charge in [0.25, 0.3) is 0 Å². The Hall–Kier alpha value is -1.07. The van der Waals surface area contributed by atoms with E-state index in [-0.39, 0.29) is 18.6 Å². The molecule has 1 rings (SSSR count). The van der Waals surface area contributed by atoms with Crippen molar-refractivity contribution in [3.8, 4) is 0 Å². The van der Waals surface area contributed by atoms with Crippen molar-refractivity contribution in [3.63, 3.8) is 0 Å². The second kappa shape index (κ2) is 8.08. The van der Waals surface area contributed by atoms with Crippen LogP contribution in [0.3, 0.4) is 0 Å². The van der Waals surface area contributed by atoms with Gasteiger partial charge in [0.05, 0.1) is 12.3 Å². The van der Waals surface area contributed by atoms with Crippen LogP contribution in [0, 0.1) is 0 Å². The predicted molar refractivity (Wildman–Crippen MR) is 69.7 cm³/mol. The van der Waals surface area contributed by atoms with Gasteiger partial charge in [-0.25, -0.2) is 0 Å². The molecular formula is C12H18N2O2S. The van der Waals surface area contributed by atoms with Gasteiger partial charge in [0, 0.05) is 30.2 Å². The van der Waals surface area contributed by atoms with Crippen molar-refractivity contribution in [2.45, 2.75) is 25.1 Å². The van der Waals surface area contributed by atoms with Gasteiger partial charge in [-0.05, 0) is 19.1 Å². The van der Waals surface area contributed by atoms with E-state index < -0.39 is 0 Å². The Morgan fingerprint density at radius 3 is 3.06 bits per heavy atom. The molecule has 0 fully saturated rings. The third-order valence-electron chi connectivity index (χ3n) is 2.13. The lowest BCUT2D eigenvalue weighted by atomic mass is 10.3. The number of rotatable bonds is 7. The molecule has 1 atom stereocenters. The van der Waals surface area contributed by atoms with Gasteiger partial charge < -0.3 is 10.4 Å². The van der Waals surface area contributed by atoms with E-state index in [9.17, 15) is 4.79 Å². The van der Waals surface area contributed by atoms with Crippen LogP contribution < -0.4 is 5.32 Å². The maximum Gasteiger partial charge on any atom is 0.221 e. The summed E-state index contributed by atoms with van der Waals surface area (Å²) in [5.74, 6) is 1.57. The number of hydrogen-bond donors (Lipinski definition) is 2. The molecule has 0 radical (unpaired) electrons. The van der Waals surface area contributed by atoms with E-state index in [1.165, 1.54) is 0 Å². The number of aliphatic hydroxyl groups is 1. The number of thioether (sulfide) groups is 1. The summed E-state index contributed by atoms with van der Waals surface area (Å²) in [7, 11) is 0. The Kier molecular flexibility index (Phi) is 6.65. The van der Waals surface area contributed by atoms with Crippen LogP contribution in [0.1, 0.15) is 19.0 Å². The Bertz CT molecular complexity index is 333. The number of amides is 1. The average Bonchev–Trinajstić information content (AvgIpc) is 2.36. The summed E-state index contributed by atoms with van der Waals surface area (Å²) in [6, 6.07) is 5.65. The molecule has 1 aromatic rings. The van der Waals surface area contributed by atoms with E-state index in [0.29, 0.717) is 6.42 Å². The number of carbonyl (C=O) groups is 1. The highest BCUT2D eigenvalue weighted by molar-refractivity contribution is 7.98. The van der Waals surface area contributed by atoms with Crippen molar-refractivity contribution >= 4 is 17.7 Å². The number of carbonyl (C=O) groups excluding carboxylic acids is 1. The Balaban J connectivity index is 2.10. The zero-order valence-corrected chi connectivity index (χ0v) is 10.7. The second-order valence-electron chi connectivity index (χ2n) is 3.77. The average molecular weight is 254 g/mol. The number of aromatic nitrogens is 1. The number of pyridine rings is 1. The number of nitrogens with zero attached hydrogens (tertiary/aromatic N) is 1. The second-order valence-corrected chi connectivity index (χ2v) is 4.88. The summed E-state index contributed by atoms with van der Waals surface area (Å²) in [5, 5.41) is 11.5. The van der Waals surface area contributed by atoms with Gasteiger partial charge in [0.2, 0.25) is 5.91 Å². The molecule has 0 aliphatic carbocycles. The molecule has 1 amide bonds. The summed E-state index contributed by atoms with van der Waals surface area (Å²) < 4.78 is 0. The first-order chi connectivity index (χ1) is 8.22. The quantitative estimate of drug-likeness (QED) is 0.718. The van der Waals surface area contributed by atoms with Crippen LogP contribution in [0.5, 0.6) is 0 Å². The fraction of sp³-hybridized carbons (Fsp3) is 0.500. The van der Waals surface area contributed by atoms with Crippen LogP contribution in [-0.2, 0) is 10.5 Å². The molecular weight excluding hydrogens is 236 g/mol. The molecule has 0 aliphatic heterocycles. The molecule has 0 bridgehead atoms. The van der Waals surface area contributed by atoms with Crippen LogP contribution >= 0.6 is 11.8 Å². The van der Waals surface area contributed by atoms with Crippen molar-refractivity contribution in [3.05, 3.63) is 30.1 Å². The van der Waals surface area contributed by atoms with Crippen molar-refractivity contribution in [1.29, 1.82) is 0 Å². The monoisotopic (exact) mass is 254 g/mol. The van der Waals surface area contributed by atoms with Crippen molar-refractivity contribution in [1.82, 2.24) is 10.3 Å². The lowest BCUT2D eigenvalue weighted by molar-refractivity contribution is -0.121. The zero-order valence-electron chi connectivity index (χ0n) is 9.93. The van der Waals surface area contributed by atoms with Gasteiger partial charge in [-0.3, -0.25) is 9.78 Å². The molecule has 0 saturated carbocycles. The van der Waals surface area contributed by atoms with Gasteiger partial charge in [0.15, 0.2) is 0 Å². The normalized spacial score (nSPS) is 12.1. The first-order valence-electron chi connectivity index (χ1n) is 5.60. The molecule has 94 valence electrons. The summed E-state index contributed by atoms with van der Waals surface area (Å²) in [6.07, 6.45) is 2.24. The third-order valence-corrected chi connectivity index (χ3v) is 3.12. The van der Waals surface area contributed by atoms with E-state index in [1.54, 1.807) is 24.9 Å². The standard InChI is InChI=1S/C12H18N2O2S/c1-10(8-15)14-12(16)5-7-17-9-11-4-2-3-6-13-11/h2-4,6,10,15H,5,7-9H2,1H3,(H,14,16). The molecule has 0 aliphatic rings. The van der Waals surface area contributed by atoms with Crippen molar-refractivity contribution in [2.24, 2.45) is 0 Å². The first-order valence-corrected chi connectivity index (χ1v) is 6.75. The molecule has 1 aromatic heterocycles. The minimum absolute atomic E-state index is 0.0138. The minimum Gasteiger partial charge on any atom is -0.394 e. The first kappa shape index (κ1) is 14.0. The van der Waals surface area contributed by atoms with Crippen LogP contribution in [0.15, 0.2) is 24.4 Å². The van der Waals surface area contributed by atoms with E-state index >= 15 is 0 Å². The zero-order chi connectivity index (χ0) is 12.5. The van der Waals surface area contributed by atoms with Crippen LogP contribution in [0.25, 0.3) is 0 Å². The van der Waals surface area contributed by atoms with E-state index in [0.717, 1.165) is 17.2 Å². The molecule has 0 aromatic carbocycles. The van der Waals surface area contributed by atoms with E-state index in [1.807, 2.05) is 18.2 Å². The highest BCUT2D eigenvalue weighted by Crippen LogP contribution is 2.10. The lowest BCUT2D eigenvalue weighted by Crippen LogP contribution is -2.35. The molecule has 5 heteroatoms. The fourth-order valence-corrected chi connectivity index (χ4v) is 2.07. The summed E-state index contributed by atoms with van der Waals surface area (Å²) in [5.41, 5.74) is 1.03. The lowest BCUT2D eigenvalue weighted by Gasteiger charge is -2.10. The third kappa shape index (κ3) is 6.28. The Morgan fingerprint density at radius 1 is 1.59 bits per heavy atom. The molecule has 1 heterocycles. The van der Waals surface area contributed by atoms with Crippen LogP contribution in [0.2, 0.25) is 0 Å². The molecule has 1 unspecified atom stereocenters. The van der Waals surface area contributed by atoms with Gasteiger partial charge >= 0.3 is 0 Å². The summed E-state index contributed by atoms with van der Waals surface area (Å²) >= 11 is 1.68. The van der Waals surface area contributed by atoms with Crippen molar-refractivity contribution < 1.29 is 9.90 Å². The minimum atomic E-state index is -0.164. The highest BCUT2D eigenvalue weighted by atomic mass is 32.2. The molecule has 2 N–H and O–H groups in total. The maximum atomic E-state index is 11.4. The van der Waals surface area contributed by atoms with Crippen molar-refractivity contribution in [2.75, 3.05) is 12.4 Å². The fourth-order valence-electron chi connectivity index (χ4n) is 1.22. The highest BCUT2D eigenvalue weighted by Gasteiger charge is 2.05. The smallest absolute Gasteiger partial charge is 0.221 e. The summed E-state index contributed by atoms with van der Waals surface area (Å²) in [6.45, 7) is 1.76. The topological polar surface area (TPSA) is 62.2 Å². The largest absolute Gasteiger partial charge is 0.394 e. The van der Waals surface area contributed by atoms with Gasteiger partial charge in [-0.2, -0.15) is 11.8 Å². The molecule has 4 nitrogen and oxygen atoms in total. The SMILES string of the molecule is CC(CO)NC(=O)CCSCc1ccccn1. The van der Waals surface area contributed by atoms with Gasteiger partial charge in [-0.1, -0.05) is 6.07 Å². The van der Waals surface area contributed by atoms with Gasteiger partial charge in [-0.15, -0.1) is 0 Å². The number of aliphatic hydroxyl groups excluding tert-OH is 1. The Morgan fingerprint density at radius 2 is 2.41 bits per heavy atom. The molecule has 17 heavy (non-hydrogen) atoms.